The summed E-state index contributed by atoms with van der Waals surface area (Å²) in [5.41, 5.74) is 0. The molecule has 2 bridgehead atoms. The molecule has 0 radical (unpaired) electrons. The monoisotopic (exact) mass is 282 g/mol. The number of carboxylic acids is 1. The summed E-state index contributed by atoms with van der Waals surface area (Å²) in [5.74, 6) is -0.209. The molecule has 5 unspecified atom stereocenters. The van der Waals surface area contributed by atoms with E-state index in [1.165, 1.54) is 0 Å². The summed E-state index contributed by atoms with van der Waals surface area (Å²) < 4.78 is 0. The van der Waals surface area contributed by atoms with Crippen molar-refractivity contribution in [3.8, 4) is 0 Å². The van der Waals surface area contributed by atoms with Crippen molar-refractivity contribution in [2.75, 3.05) is 0 Å². The van der Waals surface area contributed by atoms with Crippen molar-refractivity contribution in [3.05, 3.63) is 0 Å². The van der Waals surface area contributed by atoms with Crippen LogP contribution in [-0.4, -0.2) is 29.2 Å². The number of aliphatic carboxylic acids is 1. The third-order valence-electron chi connectivity index (χ3n) is 5.06. The van der Waals surface area contributed by atoms with E-state index in [0.717, 1.165) is 25.7 Å². The zero-order valence-electron chi connectivity index (χ0n) is 12.6. The SMILES string of the molecule is CCC(NC(=O)NC1C2CCC(C2)C1C(=O)O)C(C)C. The fraction of sp³-hybridized carbons (Fsp3) is 0.867. The molecule has 0 aromatic heterocycles. The van der Waals surface area contributed by atoms with Crippen molar-refractivity contribution in [3.63, 3.8) is 0 Å². The molecule has 2 amide bonds. The Morgan fingerprint density at radius 3 is 2.45 bits per heavy atom. The third kappa shape index (κ3) is 2.91. The number of hydrogen-bond donors (Lipinski definition) is 3. The van der Waals surface area contributed by atoms with Crippen LogP contribution in [0.25, 0.3) is 0 Å². The first-order valence-corrected chi connectivity index (χ1v) is 7.73. The molecule has 0 aromatic carbocycles. The highest BCUT2D eigenvalue weighted by molar-refractivity contribution is 5.77. The van der Waals surface area contributed by atoms with Crippen LogP contribution < -0.4 is 10.6 Å². The van der Waals surface area contributed by atoms with Gasteiger partial charge in [0.2, 0.25) is 0 Å². The molecule has 5 atom stereocenters. The lowest BCUT2D eigenvalue weighted by Gasteiger charge is -2.30. The highest BCUT2D eigenvalue weighted by Crippen LogP contribution is 2.48. The number of amides is 2. The summed E-state index contributed by atoms with van der Waals surface area (Å²) >= 11 is 0. The molecule has 2 aliphatic carbocycles. The van der Waals surface area contributed by atoms with Crippen LogP contribution in [0.1, 0.15) is 46.5 Å². The van der Waals surface area contributed by atoms with E-state index in [2.05, 4.69) is 24.5 Å². The molecule has 20 heavy (non-hydrogen) atoms. The standard InChI is InChI=1S/C15H26N2O3/c1-4-11(8(2)3)16-15(20)17-13-10-6-5-9(7-10)12(13)14(18)19/h8-13H,4-7H2,1-3H3,(H,18,19)(H2,16,17,20). The van der Waals surface area contributed by atoms with Crippen molar-refractivity contribution in [2.24, 2.45) is 23.7 Å². The number of carbonyl (C=O) groups excluding carboxylic acids is 1. The van der Waals surface area contributed by atoms with Crippen molar-refractivity contribution in [2.45, 2.75) is 58.5 Å². The Morgan fingerprint density at radius 2 is 1.90 bits per heavy atom. The van der Waals surface area contributed by atoms with Gasteiger partial charge in [0.15, 0.2) is 0 Å². The summed E-state index contributed by atoms with van der Waals surface area (Å²) in [6.45, 7) is 6.20. The predicted molar refractivity (Wildman–Crippen MR) is 76.3 cm³/mol. The second-order valence-electron chi connectivity index (χ2n) is 6.60. The number of fused-ring (bicyclic) bond motifs is 2. The van der Waals surface area contributed by atoms with Crippen LogP contribution in [-0.2, 0) is 4.79 Å². The van der Waals surface area contributed by atoms with E-state index in [1.54, 1.807) is 0 Å². The number of carboxylic acid groups (broad SMARTS) is 1. The van der Waals surface area contributed by atoms with Crippen LogP contribution >= 0.6 is 0 Å². The Kier molecular flexibility index (Phi) is 4.55. The molecule has 0 heterocycles. The van der Waals surface area contributed by atoms with Gasteiger partial charge in [-0.15, -0.1) is 0 Å². The maximum Gasteiger partial charge on any atom is 0.315 e. The topological polar surface area (TPSA) is 78.4 Å². The van der Waals surface area contributed by atoms with Crippen LogP contribution in [0.5, 0.6) is 0 Å². The summed E-state index contributed by atoms with van der Waals surface area (Å²) in [4.78, 5) is 23.5. The van der Waals surface area contributed by atoms with E-state index < -0.39 is 11.9 Å². The molecule has 2 aliphatic rings. The number of nitrogens with one attached hydrogen (secondary N) is 2. The quantitative estimate of drug-likeness (QED) is 0.723. The van der Waals surface area contributed by atoms with Gasteiger partial charge in [-0.1, -0.05) is 20.8 Å². The average molecular weight is 282 g/mol. The van der Waals surface area contributed by atoms with E-state index in [9.17, 15) is 14.7 Å². The Hall–Kier alpha value is -1.26. The van der Waals surface area contributed by atoms with E-state index in [1.807, 2.05) is 6.92 Å². The molecule has 2 rings (SSSR count). The number of carbonyl (C=O) groups is 2. The Labute approximate surface area is 120 Å². The maximum absolute atomic E-state index is 12.1. The van der Waals surface area contributed by atoms with Crippen LogP contribution in [0.3, 0.4) is 0 Å². The second kappa shape index (κ2) is 6.02. The molecule has 2 fully saturated rings. The fourth-order valence-corrected chi connectivity index (χ4v) is 3.96. The summed E-state index contributed by atoms with van der Waals surface area (Å²) in [7, 11) is 0. The van der Waals surface area contributed by atoms with Gasteiger partial charge in [-0.3, -0.25) is 4.79 Å². The second-order valence-corrected chi connectivity index (χ2v) is 6.60. The van der Waals surface area contributed by atoms with E-state index in [4.69, 9.17) is 0 Å². The summed E-state index contributed by atoms with van der Waals surface area (Å²) in [6, 6.07) is -0.276. The number of urea groups is 1. The minimum Gasteiger partial charge on any atom is -0.481 e. The highest BCUT2D eigenvalue weighted by atomic mass is 16.4. The molecule has 0 saturated heterocycles. The first kappa shape index (κ1) is 15.1. The van der Waals surface area contributed by atoms with Crippen molar-refractivity contribution in [1.29, 1.82) is 0 Å². The van der Waals surface area contributed by atoms with Crippen LogP contribution in [0.2, 0.25) is 0 Å². The van der Waals surface area contributed by atoms with Gasteiger partial charge >= 0.3 is 12.0 Å². The highest BCUT2D eigenvalue weighted by Gasteiger charge is 2.51. The van der Waals surface area contributed by atoms with Crippen LogP contribution in [0, 0.1) is 23.7 Å². The fourth-order valence-electron chi connectivity index (χ4n) is 3.96. The molecule has 5 nitrogen and oxygen atoms in total. The molecular weight excluding hydrogens is 256 g/mol. The summed E-state index contributed by atoms with van der Waals surface area (Å²) in [6.07, 6.45) is 3.86. The van der Waals surface area contributed by atoms with Gasteiger partial charge in [0, 0.05) is 12.1 Å². The van der Waals surface area contributed by atoms with E-state index >= 15 is 0 Å². The molecular formula is C15H26N2O3. The molecule has 0 spiro atoms. The molecule has 0 aliphatic heterocycles. The zero-order chi connectivity index (χ0) is 14.9. The van der Waals surface area contributed by atoms with E-state index in [-0.39, 0.29) is 24.0 Å². The first-order valence-electron chi connectivity index (χ1n) is 7.73. The largest absolute Gasteiger partial charge is 0.481 e. The molecule has 114 valence electrons. The van der Waals surface area contributed by atoms with Crippen LogP contribution in [0.4, 0.5) is 4.79 Å². The van der Waals surface area contributed by atoms with E-state index in [0.29, 0.717) is 11.8 Å². The van der Waals surface area contributed by atoms with Crippen molar-refractivity contribution in [1.82, 2.24) is 10.6 Å². The molecule has 3 N–H and O–H groups in total. The lowest BCUT2D eigenvalue weighted by atomic mass is 9.84. The Morgan fingerprint density at radius 1 is 1.25 bits per heavy atom. The van der Waals surface area contributed by atoms with Crippen molar-refractivity contribution < 1.29 is 14.7 Å². The normalized spacial score (nSPS) is 33.2. The minimum absolute atomic E-state index is 0.136. The van der Waals surface area contributed by atoms with Gasteiger partial charge in [-0.25, -0.2) is 4.79 Å². The smallest absolute Gasteiger partial charge is 0.315 e. The predicted octanol–water partition coefficient (Wildman–Crippen LogP) is 2.22. The minimum atomic E-state index is -0.765. The molecule has 5 heteroatoms. The molecule has 0 aromatic rings. The number of hydrogen-bond acceptors (Lipinski definition) is 2. The zero-order valence-corrected chi connectivity index (χ0v) is 12.6. The van der Waals surface area contributed by atoms with Gasteiger partial charge in [-0.05, 0) is 43.4 Å². The lowest BCUT2D eigenvalue weighted by molar-refractivity contribution is -0.144. The van der Waals surface area contributed by atoms with Crippen LogP contribution in [0.15, 0.2) is 0 Å². The van der Waals surface area contributed by atoms with Gasteiger partial charge < -0.3 is 15.7 Å². The third-order valence-corrected chi connectivity index (χ3v) is 5.06. The first-order chi connectivity index (χ1) is 9.43. The Balaban J connectivity index is 1.95. The maximum atomic E-state index is 12.1. The molecule has 2 saturated carbocycles. The summed E-state index contributed by atoms with van der Waals surface area (Å²) in [5, 5.41) is 15.3. The lowest BCUT2D eigenvalue weighted by Crippen LogP contribution is -2.52. The average Bonchev–Trinajstić information content (AvgIpc) is 2.95. The van der Waals surface area contributed by atoms with Gasteiger partial charge in [0.25, 0.3) is 0 Å². The van der Waals surface area contributed by atoms with Crippen molar-refractivity contribution >= 4 is 12.0 Å². The van der Waals surface area contributed by atoms with Gasteiger partial charge in [-0.2, -0.15) is 0 Å². The van der Waals surface area contributed by atoms with Gasteiger partial charge in [0.05, 0.1) is 5.92 Å². The number of rotatable bonds is 5. The van der Waals surface area contributed by atoms with Gasteiger partial charge in [0.1, 0.15) is 0 Å². The Bertz CT molecular complexity index is 383.